The minimum absolute atomic E-state index is 0.0992. The zero-order chi connectivity index (χ0) is 16.4. The Hall–Kier alpha value is -2.82. The lowest BCUT2D eigenvalue weighted by Gasteiger charge is -2.25. The predicted octanol–water partition coefficient (Wildman–Crippen LogP) is 2.88. The molecule has 0 atom stereocenters. The van der Waals surface area contributed by atoms with E-state index >= 15 is 0 Å². The van der Waals surface area contributed by atoms with Crippen molar-refractivity contribution < 1.29 is 4.79 Å². The van der Waals surface area contributed by atoms with Gasteiger partial charge in [0.2, 0.25) is 0 Å². The zero-order valence-electron chi connectivity index (χ0n) is 13.5. The molecule has 1 aromatic carbocycles. The largest absolute Gasteiger partial charge is 0.343 e. The van der Waals surface area contributed by atoms with Crippen LogP contribution in [-0.2, 0) is 12.6 Å². The van der Waals surface area contributed by atoms with E-state index in [4.69, 9.17) is 0 Å². The van der Waals surface area contributed by atoms with Crippen LogP contribution < -0.4 is 5.32 Å². The molecule has 0 saturated heterocycles. The van der Waals surface area contributed by atoms with Crippen LogP contribution >= 0.6 is 0 Å². The van der Waals surface area contributed by atoms with Crippen molar-refractivity contribution in [3.63, 3.8) is 0 Å². The quantitative estimate of drug-likeness (QED) is 0.806. The number of carbonyl (C=O) groups is 1. The summed E-state index contributed by atoms with van der Waals surface area (Å²) in [6, 6.07) is 11.5. The maximum absolute atomic E-state index is 12.5. The summed E-state index contributed by atoms with van der Waals surface area (Å²) in [5.41, 5.74) is 2.15. The molecule has 2 aromatic heterocycles. The highest BCUT2D eigenvalue weighted by Crippen LogP contribution is 2.20. The number of rotatable bonds is 4. The molecule has 5 heteroatoms. The number of aryl methyl sites for hydroxylation is 1. The minimum Gasteiger partial charge on any atom is -0.343 e. The molecule has 5 nitrogen and oxygen atoms in total. The van der Waals surface area contributed by atoms with E-state index in [0.29, 0.717) is 5.56 Å². The normalized spacial score (nSPS) is 11.4. The zero-order valence-corrected chi connectivity index (χ0v) is 13.5. The van der Waals surface area contributed by atoms with Crippen LogP contribution in [0.2, 0.25) is 0 Å². The lowest BCUT2D eigenvalue weighted by Crippen LogP contribution is -2.40. The number of nitrogens with zero attached hydrogens (tertiary/aromatic N) is 3. The molecule has 0 bridgehead atoms. The molecule has 0 radical (unpaired) electrons. The van der Waals surface area contributed by atoms with E-state index < -0.39 is 5.54 Å². The lowest BCUT2D eigenvalue weighted by molar-refractivity contribution is 0.0912. The van der Waals surface area contributed by atoms with Crippen LogP contribution in [0.15, 0.2) is 61.2 Å². The van der Waals surface area contributed by atoms with E-state index in [0.717, 1.165) is 11.3 Å². The number of aromatic nitrogens is 3. The summed E-state index contributed by atoms with van der Waals surface area (Å²) < 4.78 is 3.73. The van der Waals surface area contributed by atoms with E-state index in [-0.39, 0.29) is 5.91 Å². The maximum atomic E-state index is 12.5. The molecule has 3 aromatic rings. The van der Waals surface area contributed by atoms with Crippen molar-refractivity contribution in [3.8, 4) is 5.69 Å². The van der Waals surface area contributed by atoms with Gasteiger partial charge in [-0.15, -0.1) is 0 Å². The van der Waals surface area contributed by atoms with Crippen LogP contribution in [0.3, 0.4) is 0 Å². The molecule has 23 heavy (non-hydrogen) atoms. The summed E-state index contributed by atoms with van der Waals surface area (Å²) in [6.45, 7) is 3.94. The van der Waals surface area contributed by atoms with Crippen molar-refractivity contribution in [2.24, 2.45) is 7.05 Å². The Morgan fingerprint density at radius 1 is 1.13 bits per heavy atom. The highest BCUT2D eigenvalue weighted by Gasteiger charge is 2.24. The van der Waals surface area contributed by atoms with Crippen LogP contribution in [0, 0.1) is 0 Å². The van der Waals surface area contributed by atoms with Crippen LogP contribution in [0.5, 0.6) is 0 Å². The Labute approximate surface area is 135 Å². The molecule has 0 spiro atoms. The smallest absolute Gasteiger partial charge is 0.251 e. The van der Waals surface area contributed by atoms with Gasteiger partial charge in [0.05, 0.1) is 11.7 Å². The number of hydrogen-bond donors (Lipinski definition) is 1. The highest BCUT2D eigenvalue weighted by molar-refractivity contribution is 5.94. The van der Waals surface area contributed by atoms with Gasteiger partial charge in [0.15, 0.2) is 0 Å². The molecule has 0 unspecified atom stereocenters. The Kier molecular flexibility index (Phi) is 3.78. The molecular formula is C18H20N4O. The van der Waals surface area contributed by atoms with E-state index in [1.54, 1.807) is 10.9 Å². The van der Waals surface area contributed by atoms with Gasteiger partial charge in [0, 0.05) is 42.5 Å². The van der Waals surface area contributed by atoms with Gasteiger partial charge in [-0.25, -0.2) is 0 Å². The number of nitrogens with one attached hydrogen (secondary N) is 1. The van der Waals surface area contributed by atoms with Gasteiger partial charge in [0.1, 0.15) is 0 Å². The molecule has 0 fully saturated rings. The number of amides is 1. The van der Waals surface area contributed by atoms with Crippen molar-refractivity contribution in [1.82, 2.24) is 19.7 Å². The fraction of sp³-hybridized carbons (Fsp3) is 0.222. The van der Waals surface area contributed by atoms with Gasteiger partial charge in [-0.05, 0) is 50.2 Å². The first-order valence-corrected chi connectivity index (χ1v) is 7.51. The Morgan fingerprint density at radius 3 is 2.35 bits per heavy atom. The van der Waals surface area contributed by atoms with Crippen LogP contribution in [0.1, 0.15) is 29.8 Å². The third-order valence-electron chi connectivity index (χ3n) is 3.88. The minimum atomic E-state index is -0.482. The summed E-state index contributed by atoms with van der Waals surface area (Å²) in [5.74, 6) is -0.0992. The fourth-order valence-electron chi connectivity index (χ4n) is 2.46. The van der Waals surface area contributed by atoms with Gasteiger partial charge < -0.3 is 9.88 Å². The van der Waals surface area contributed by atoms with Crippen molar-refractivity contribution in [1.29, 1.82) is 0 Å². The molecule has 1 N–H and O–H groups in total. The molecule has 3 rings (SSSR count). The van der Waals surface area contributed by atoms with Crippen molar-refractivity contribution >= 4 is 5.91 Å². The van der Waals surface area contributed by atoms with Gasteiger partial charge >= 0.3 is 0 Å². The van der Waals surface area contributed by atoms with Crippen molar-refractivity contribution in [2.75, 3.05) is 0 Å². The SMILES string of the molecule is Cn1cc(C(C)(C)NC(=O)c2ccc(-n3cccc3)cc2)cn1. The summed E-state index contributed by atoms with van der Waals surface area (Å²) in [7, 11) is 1.86. The Morgan fingerprint density at radius 2 is 1.78 bits per heavy atom. The van der Waals surface area contributed by atoms with Crippen molar-refractivity contribution in [2.45, 2.75) is 19.4 Å². The van der Waals surface area contributed by atoms with E-state index in [2.05, 4.69) is 10.4 Å². The second-order valence-corrected chi connectivity index (χ2v) is 6.12. The average Bonchev–Trinajstić information content (AvgIpc) is 3.18. The monoisotopic (exact) mass is 308 g/mol. The molecule has 0 saturated carbocycles. The van der Waals surface area contributed by atoms with Crippen LogP contribution in [-0.4, -0.2) is 20.3 Å². The summed E-state index contributed by atoms with van der Waals surface area (Å²) in [4.78, 5) is 12.5. The second-order valence-electron chi connectivity index (χ2n) is 6.12. The molecule has 1 amide bonds. The predicted molar refractivity (Wildman–Crippen MR) is 89.5 cm³/mol. The molecule has 2 heterocycles. The van der Waals surface area contributed by atoms with E-state index in [1.165, 1.54) is 0 Å². The Bertz CT molecular complexity index is 798. The fourth-order valence-corrected chi connectivity index (χ4v) is 2.46. The van der Waals surface area contributed by atoms with Gasteiger partial charge in [-0.2, -0.15) is 5.10 Å². The first kappa shape index (κ1) is 15.1. The molecule has 0 aliphatic carbocycles. The molecule has 0 aliphatic rings. The second kappa shape index (κ2) is 5.76. The maximum Gasteiger partial charge on any atom is 0.251 e. The lowest BCUT2D eigenvalue weighted by atomic mass is 9.97. The van der Waals surface area contributed by atoms with Crippen LogP contribution in [0.4, 0.5) is 0 Å². The third kappa shape index (κ3) is 3.18. The summed E-state index contributed by atoms with van der Waals surface area (Å²) in [5, 5.41) is 7.22. The van der Waals surface area contributed by atoms with Gasteiger partial charge in [-0.3, -0.25) is 9.48 Å². The number of benzene rings is 1. The average molecular weight is 308 g/mol. The van der Waals surface area contributed by atoms with Crippen molar-refractivity contribution in [3.05, 3.63) is 72.3 Å². The summed E-state index contributed by atoms with van der Waals surface area (Å²) in [6.07, 6.45) is 7.63. The van der Waals surface area contributed by atoms with Crippen LogP contribution in [0.25, 0.3) is 5.69 Å². The first-order valence-electron chi connectivity index (χ1n) is 7.51. The highest BCUT2D eigenvalue weighted by atomic mass is 16.1. The Balaban J connectivity index is 1.75. The standard InChI is InChI=1S/C18H20N4O/c1-18(2,15-12-19-21(3)13-15)20-17(23)14-6-8-16(9-7-14)22-10-4-5-11-22/h4-13H,1-3H3,(H,20,23). The molecular weight excluding hydrogens is 288 g/mol. The third-order valence-corrected chi connectivity index (χ3v) is 3.88. The van der Waals surface area contributed by atoms with Gasteiger partial charge in [-0.1, -0.05) is 0 Å². The molecule has 0 aliphatic heterocycles. The topological polar surface area (TPSA) is 51.9 Å². The molecule has 118 valence electrons. The number of hydrogen-bond acceptors (Lipinski definition) is 2. The van der Waals surface area contributed by atoms with Gasteiger partial charge in [0.25, 0.3) is 5.91 Å². The summed E-state index contributed by atoms with van der Waals surface area (Å²) >= 11 is 0. The van der Waals surface area contributed by atoms with E-state index in [9.17, 15) is 4.79 Å². The first-order chi connectivity index (χ1) is 11.0. The number of carbonyl (C=O) groups excluding carboxylic acids is 1. The van der Waals surface area contributed by atoms with E-state index in [1.807, 2.05) is 80.5 Å².